The Morgan fingerprint density at radius 2 is 1.81 bits per heavy atom. The average molecular weight is 373 g/mol. The van der Waals surface area contributed by atoms with Gasteiger partial charge in [-0.15, -0.1) is 0 Å². The maximum Gasteiger partial charge on any atom is 0.264 e. The number of aliphatic imine (C=N–C) groups is 1. The van der Waals surface area contributed by atoms with Crippen LogP contribution in [-0.2, 0) is 4.79 Å². The minimum absolute atomic E-state index is 0.120. The molecule has 0 atom stereocenters. The lowest BCUT2D eigenvalue weighted by Crippen LogP contribution is -2.19. The van der Waals surface area contributed by atoms with Crippen molar-refractivity contribution >= 4 is 34.6 Å². The van der Waals surface area contributed by atoms with Crippen LogP contribution in [0, 0.1) is 13.8 Å². The molecule has 134 valence electrons. The molecular formula is C22H19N3OS. The van der Waals surface area contributed by atoms with Gasteiger partial charge in [0.05, 0.1) is 10.6 Å². The summed E-state index contributed by atoms with van der Waals surface area (Å²) in [4.78, 5) is 17.7. The molecule has 0 spiro atoms. The van der Waals surface area contributed by atoms with Gasteiger partial charge in [-0.3, -0.25) is 4.79 Å². The molecule has 5 heteroatoms. The summed E-state index contributed by atoms with van der Waals surface area (Å²) in [6.45, 7) is 4.10. The van der Waals surface area contributed by atoms with Crippen molar-refractivity contribution in [3.8, 4) is 5.69 Å². The summed E-state index contributed by atoms with van der Waals surface area (Å²) in [6.07, 6.45) is 3.89. The molecule has 1 amide bonds. The molecule has 1 saturated heterocycles. The van der Waals surface area contributed by atoms with E-state index in [1.54, 1.807) is 0 Å². The topological polar surface area (TPSA) is 46.4 Å². The number of rotatable bonds is 3. The van der Waals surface area contributed by atoms with Gasteiger partial charge < -0.3 is 9.88 Å². The first-order valence-electron chi connectivity index (χ1n) is 8.70. The first-order valence-corrected chi connectivity index (χ1v) is 9.52. The number of thioether (sulfide) groups is 1. The molecule has 1 fully saturated rings. The number of carbonyl (C=O) groups is 1. The van der Waals surface area contributed by atoms with E-state index in [-0.39, 0.29) is 5.91 Å². The van der Waals surface area contributed by atoms with Crippen molar-refractivity contribution in [3.05, 3.63) is 88.6 Å². The molecule has 1 aliphatic heterocycles. The zero-order chi connectivity index (χ0) is 18.8. The summed E-state index contributed by atoms with van der Waals surface area (Å²) in [5.41, 5.74) is 5.19. The van der Waals surface area contributed by atoms with Gasteiger partial charge in [0, 0.05) is 17.6 Å². The first kappa shape index (κ1) is 17.4. The van der Waals surface area contributed by atoms with Crippen LogP contribution < -0.4 is 5.32 Å². The summed E-state index contributed by atoms with van der Waals surface area (Å²) in [5, 5.41) is 3.48. The van der Waals surface area contributed by atoms with E-state index < -0.39 is 0 Å². The number of carbonyl (C=O) groups excluding carboxylic acids is 1. The fourth-order valence-electron chi connectivity index (χ4n) is 2.92. The number of hydrogen-bond donors (Lipinski definition) is 1. The largest absolute Gasteiger partial charge is 0.317 e. The van der Waals surface area contributed by atoms with Crippen molar-refractivity contribution in [2.45, 2.75) is 13.8 Å². The Morgan fingerprint density at radius 3 is 2.63 bits per heavy atom. The molecule has 4 nitrogen and oxygen atoms in total. The van der Waals surface area contributed by atoms with E-state index in [9.17, 15) is 4.79 Å². The standard InChI is InChI=1S/C22H19N3OS/c1-15-8-6-12-19(16(15)2)23-22-24-21(26)20(27-22)14-18-11-7-13-25(18)17-9-4-3-5-10-17/h3-14H,1-2H3,(H,23,24,26). The Hall–Kier alpha value is -3.05. The molecule has 2 aromatic carbocycles. The predicted octanol–water partition coefficient (Wildman–Crippen LogP) is 4.99. The highest BCUT2D eigenvalue weighted by molar-refractivity contribution is 8.18. The molecule has 27 heavy (non-hydrogen) atoms. The quantitative estimate of drug-likeness (QED) is 0.658. The Labute approximate surface area is 162 Å². The van der Waals surface area contributed by atoms with E-state index in [1.807, 2.05) is 73.8 Å². The van der Waals surface area contributed by atoms with E-state index in [0.29, 0.717) is 10.1 Å². The van der Waals surface area contributed by atoms with Crippen molar-refractivity contribution in [3.63, 3.8) is 0 Å². The van der Waals surface area contributed by atoms with E-state index in [4.69, 9.17) is 0 Å². The molecule has 4 rings (SSSR count). The Bertz CT molecular complexity index is 1060. The number of aromatic nitrogens is 1. The molecule has 1 aromatic heterocycles. The van der Waals surface area contributed by atoms with Crippen LogP contribution in [0.5, 0.6) is 0 Å². The Morgan fingerprint density at radius 1 is 1.00 bits per heavy atom. The van der Waals surface area contributed by atoms with Crippen molar-refractivity contribution in [1.82, 2.24) is 9.88 Å². The number of amidine groups is 1. The van der Waals surface area contributed by atoms with Crippen molar-refractivity contribution < 1.29 is 4.79 Å². The molecule has 0 saturated carbocycles. The molecule has 3 aromatic rings. The van der Waals surface area contributed by atoms with Crippen LogP contribution in [0.25, 0.3) is 11.8 Å². The van der Waals surface area contributed by atoms with E-state index in [0.717, 1.165) is 22.6 Å². The molecular weight excluding hydrogens is 354 g/mol. The van der Waals surface area contributed by atoms with Crippen molar-refractivity contribution in [2.75, 3.05) is 0 Å². The summed E-state index contributed by atoms with van der Waals surface area (Å²) in [7, 11) is 0. The minimum atomic E-state index is -0.120. The second-order valence-electron chi connectivity index (χ2n) is 6.34. The van der Waals surface area contributed by atoms with Crippen molar-refractivity contribution in [2.24, 2.45) is 4.99 Å². The highest BCUT2D eigenvalue weighted by atomic mass is 32.2. The smallest absolute Gasteiger partial charge is 0.264 e. The fraction of sp³-hybridized carbons (Fsp3) is 0.0909. The molecule has 2 heterocycles. The van der Waals surface area contributed by atoms with Crippen LogP contribution in [0.3, 0.4) is 0 Å². The van der Waals surface area contributed by atoms with Gasteiger partial charge in [0.1, 0.15) is 0 Å². The van der Waals surface area contributed by atoms with Gasteiger partial charge >= 0.3 is 0 Å². The highest BCUT2D eigenvalue weighted by Gasteiger charge is 2.24. The third-order valence-corrected chi connectivity index (χ3v) is 5.45. The first-order chi connectivity index (χ1) is 13.1. The van der Waals surface area contributed by atoms with Gasteiger partial charge in [-0.2, -0.15) is 0 Å². The summed E-state index contributed by atoms with van der Waals surface area (Å²) < 4.78 is 2.06. The molecule has 0 radical (unpaired) electrons. The van der Waals surface area contributed by atoms with Crippen LogP contribution in [0.2, 0.25) is 0 Å². The number of hydrogen-bond acceptors (Lipinski definition) is 3. The van der Waals surface area contributed by atoms with E-state index in [2.05, 4.69) is 27.9 Å². The second-order valence-corrected chi connectivity index (χ2v) is 7.37. The third kappa shape index (κ3) is 3.59. The number of benzene rings is 2. The fourth-order valence-corrected chi connectivity index (χ4v) is 3.74. The number of amides is 1. The number of aryl methyl sites for hydroxylation is 1. The second kappa shape index (κ2) is 7.29. The Kier molecular flexibility index (Phi) is 4.69. The molecule has 1 N–H and O–H groups in total. The maximum atomic E-state index is 12.4. The maximum absolute atomic E-state index is 12.4. The van der Waals surface area contributed by atoms with Gasteiger partial charge in [0.25, 0.3) is 5.91 Å². The van der Waals surface area contributed by atoms with Crippen LogP contribution in [0.4, 0.5) is 5.69 Å². The van der Waals surface area contributed by atoms with Crippen molar-refractivity contribution in [1.29, 1.82) is 0 Å². The number of para-hydroxylation sites is 1. The molecule has 0 unspecified atom stereocenters. The van der Waals surface area contributed by atoms with Crippen LogP contribution in [0.15, 0.2) is 76.8 Å². The van der Waals surface area contributed by atoms with Crippen LogP contribution >= 0.6 is 11.8 Å². The van der Waals surface area contributed by atoms with Gasteiger partial charge in [0.2, 0.25) is 0 Å². The normalized spacial score (nSPS) is 16.9. The molecule has 1 aliphatic rings. The monoisotopic (exact) mass is 373 g/mol. The lowest BCUT2D eigenvalue weighted by molar-refractivity contribution is -0.115. The number of nitrogens with zero attached hydrogens (tertiary/aromatic N) is 2. The molecule has 0 aliphatic carbocycles. The van der Waals surface area contributed by atoms with Gasteiger partial charge in [-0.25, -0.2) is 4.99 Å². The average Bonchev–Trinajstić information content (AvgIpc) is 3.27. The van der Waals surface area contributed by atoms with Gasteiger partial charge in [0.15, 0.2) is 5.17 Å². The highest BCUT2D eigenvalue weighted by Crippen LogP contribution is 2.30. The zero-order valence-electron chi connectivity index (χ0n) is 15.1. The number of nitrogens with one attached hydrogen (secondary N) is 1. The lowest BCUT2D eigenvalue weighted by Gasteiger charge is -2.06. The predicted molar refractivity (Wildman–Crippen MR) is 112 cm³/mol. The van der Waals surface area contributed by atoms with E-state index in [1.165, 1.54) is 17.3 Å². The SMILES string of the molecule is Cc1cccc(N=C2NC(=O)C(=Cc3cccn3-c3ccccc3)S2)c1C. The lowest BCUT2D eigenvalue weighted by atomic mass is 10.1. The van der Waals surface area contributed by atoms with Gasteiger partial charge in [-0.05, 0) is 73.1 Å². The van der Waals surface area contributed by atoms with E-state index >= 15 is 0 Å². The minimum Gasteiger partial charge on any atom is -0.317 e. The third-order valence-electron chi connectivity index (χ3n) is 4.54. The zero-order valence-corrected chi connectivity index (χ0v) is 16.0. The summed E-state index contributed by atoms with van der Waals surface area (Å²) in [6, 6.07) is 20.0. The summed E-state index contributed by atoms with van der Waals surface area (Å²) in [5.74, 6) is -0.120. The Balaban J connectivity index is 1.63. The van der Waals surface area contributed by atoms with Crippen LogP contribution in [-0.4, -0.2) is 15.6 Å². The van der Waals surface area contributed by atoms with Crippen LogP contribution in [0.1, 0.15) is 16.8 Å². The van der Waals surface area contributed by atoms with Gasteiger partial charge in [-0.1, -0.05) is 30.3 Å². The molecule has 0 bridgehead atoms. The summed E-state index contributed by atoms with van der Waals surface area (Å²) >= 11 is 1.37.